The highest BCUT2D eigenvalue weighted by molar-refractivity contribution is 6.39. The molecule has 1 aromatic carbocycles. The number of carbonyl (C=O) groups excluding carboxylic acids is 1. The summed E-state index contributed by atoms with van der Waals surface area (Å²) in [4.78, 5) is 27.7. The molecule has 0 spiro atoms. The molecular formula is C15H13Cl2N3O3. The number of carboxylic acid groups (broad SMARTS) is 1. The molecule has 2 aromatic rings. The Morgan fingerprint density at radius 3 is 2.26 bits per heavy atom. The molecule has 1 amide bonds. The van der Waals surface area contributed by atoms with Crippen LogP contribution in [0.25, 0.3) is 0 Å². The van der Waals surface area contributed by atoms with Gasteiger partial charge in [-0.1, -0.05) is 53.5 Å². The predicted molar refractivity (Wildman–Crippen MR) is 86.2 cm³/mol. The molecule has 0 aliphatic carbocycles. The molecular weight excluding hydrogens is 341 g/mol. The SMILES string of the molecule is NN(C(=O)c1c(Cl)cncc1Cl)[C@@H](Cc1ccccc1)C(=O)O. The van der Waals surface area contributed by atoms with Crippen molar-refractivity contribution in [1.82, 2.24) is 9.99 Å². The summed E-state index contributed by atoms with van der Waals surface area (Å²) in [5.41, 5.74) is 0.653. The number of hydrogen-bond acceptors (Lipinski definition) is 4. The van der Waals surface area contributed by atoms with Crippen LogP contribution in [-0.2, 0) is 11.2 Å². The fraction of sp³-hybridized carbons (Fsp3) is 0.133. The van der Waals surface area contributed by atoms with Crippen LogP contribution >= 0.6 is 23.2 Å². The van der Waals surface area contributed by atoms with Gasteiger partial charge in [-0.25, -0.2) is 10.6 Å². The van der Waals surface area contributed by atoms with Crippen molar-refractivity contribution < 1.29 is 14.7 Å². The van der Waals surface area contributed by atoms with Crippen LogP contribution in [0.3, 0.4) is 0 Å². The Morgan fingerprint density at radius 2 is 1.74 bits per heavy atom. The molecule has 120 valence electrons. The molecule has 23 heavy (non-hydrogen) atoms. The van der Waals surface area contributed by atoms with Crippen LogP contribution in [0.2, 0.25) is 10.0 Å². The second-order valence-electron chi connectivity index (χ2n) is 4.73. The van der Waals surface area contributed by atoms with E-state index in [4.69, 9.17) is 29.0 Å². The lowest BCUT2D eigenvalue weighted by molar-refractivity contribution is -0.142. The normalized spacial score (nSPS) is 11.8. The fourth-order valence-corrected chi connectivity index (χ4v) is 2.55. The third kappa shape index (κ3) is 3.98. The topological polar surface area (TPSA) is 96.5 Å². The van der Waals surface area contributed by atoms with E-state index in [1.54, 1.807) is 30.3 Å². The lowest BCUT2D eigenvalue weighted by Crippen LogP contribution is -2.50. The van der Waals surface area contributed by atoms with Gasteiger partial charge in [-0.3, -0.25) is 14.8 Å². The van der Waals surface area contributed by atoms with Gasteiger partial charge in [-0.15, -0.1) is 0 Å². The molecule has 0 bridgehead atoms. The van der Waals surface area contributed by atoms with Crippen LogP contribution in [0.4, 0.5) is 0 Å². The minimum atomic E-state index is -1.26. The molecule has 0 saturated heterocycles. The number of nitrogens with zero attached hydrogens (tertiary/aromatic N) is 2. The van der Waals surface area contributed by atoms with Crippen molar-refractivity contribution >= 4 is 35.1 Å². The summed E-state index contributed by atoms with van der Waals surface area (Å²) in [6.45, 7) is 0. The molecule has 0 saturated carbocycles. The highest BCUT2D eigenvalue weighted by Gasteiger charge is 2.30. The van der Waals surface area contributed by atoms with Gasteiger partial charge in [-0.05, 0) is 5.56 Å². The summed E-state index contributed by atoms with van der Waals surface area (Å²) in [6.07, 6.45) is 2.53. The zero-order valence-corrected chi connectivity index (χ0v) is 13.3. The second kappa shape index (κ2) is 7.41. The first-order chi connectivity index (χ1) is 10.9. The van der Waals surface area contributed by atoms with Gasteiger partial charge in [0.15, 0.2) is 0 Å². The number of rotatable bonds is 5. The molecule has 6 nitrogen and oxygen atoms in total. The summed E-state index contributed by atoms with van der Waals surface area (Å²) < 4.78 is 0. The van der Waals surface area contributed by atoms with E-state index in [0.717, 1.165) is 5.56 Å². The standard InChI is InChI=1S/C15H13Cl2N3O3/c16-10-7-19-8-11(17)13(10)14(21)20(18)12(15(22)23)6-9-4-2-1-3-5-9/h1-5,7-8,12H,6,18H2,(H,22,23)/t12-/m0/s1. The van der Waals surface area contributed by atoms with E-state index >= 15 is 0 Å². The average molecular weight is 354 g/mol. The number of aliphatic carboxylic acids is 1. The van der Waals surface area contributed by atoms with Crippen LogP contribution in [0, 0.1) is 0 Å². The Kier molecular flexibility index (Phi) is 5.54. The lowest BCUT2D eigenvalue weighted by atomic mass is 10.0. The highest BCUT2D eigenvalue weighted by Crippen LogP contribution is 2.24. The number of amides is 1. The molecule has 1 heterocycles. The van der Waals surface area contributed by atoms with Crippen LogP contribution in [0.15, 0.2) is 42.7 Å². The summed E-state index contributed by atoms with van der Waals surface area (Å²) in [5, 5.41) is 10.0. The van der Waals surface area contributed by atoms with Crippen LogP contribution in [0.5, 0.6) is 0 Å². The number of nitrogens with two attached hydrogens (primary N) is 1. The first-order valence-corrected chi connectivity index (χ1v) is 7.31. The van der Waals surface area contributed by atoms with Gasteiger partial charge in [0.25, 0.3) is 5.91 Å². The van der Waals surface area contributed by atoms with Crippen LogP contribution < -0.4 is 5.84 Å². The summed E-state index contributed by atoms with van der Waals surface area (Å²) >= 11 is 11.8. The number of benzene rings is 1. The van der Waals surface area contributed by atoms with Crippen molar-refractivity contribution in [2.24, 2.45) is 5.84 Å². The van der Waals surface area contributed by atoms with Crippen LogP contribution in [0.1, 0.15) is 15.9 Å². The van der Waals surface area contributed by atoms with Gasteiger partial charge in [0.05, 0.1) is 15.6 Å². The van der Waals surface area contributed by atoms with Crippen molar-refractivity contribution in [3.05, 3.63) is 63.9 Å². The largest absolute Gasteiger partial charge is 0.480 e. The molecule has 1 atom stereocenters. The number of carboxylic acids is 1. The Morgan fingerprint density at radius 1 is 1.17 bits per heavy atom. The number of hydrazine groups is 1. The number of aromatic nitrogens is 1. The maximum atomic E-state index is 12.5. The number of halogens is 2. The zero-order chi connectivity index (χ0) is 17.0. The zero-order valence-electron chi connectivity index (χ0n) is 11.8. The minimum absolute atomic E-state index is 0.00167. The highest BCUT2D eigenvalue weighted by atomic mass is 35.5. The van der Waals surface area contributed by atoms with E-state index in [1.165, 1.54) is 12.4 Å². The molecule has 2 rings (SSSR count). The maximum absolute atomic E-state index is 12.5. The fourth-order valence-electron chi connectivity index (χ4n) is 2.03. The van der Waals surface area contributed by atoms with E-state index in [0.29, 0.717) is 5.01 Å². The third-order valence-corrected chi connectivity index (χ3v) is 3.77. The number of carbonyl (C=O) groups is 2. The molecule has 0 aliphatic rings. The van der Waals surface area contributed by atoms with Gasteiger partial charge >= 0.3 is 5.97 Å². The van der Waals surface area contributed by atoms with E-state index in [1.807, 2.05) is 0 Å². The summed E-state index contributed by atoms with van der Waals surface area (Å²) in [6, 6.07) is 7.59. The number of hydrogen-bond donors (Lipinski definition) is 2. The van der Waals surface area contributed by atoms with E-state index < -0.39 is 17.9 Å². The van der Waals surface area contributed by atoms with E-state index in [-0.39, 0.29) is 22.0 Å². The Balaban J connectivity index is 2.29. The third-order valence-electron chi connectivity index (χ3n) is 3.19. The summed E-state index contributed by atoms with van der Waals surface area (Å²) in [7, 11) is 0. The maximum Gasteiger partial charge on any atom is 0.328 e. The predicted octanol–water partition coefficient (Wildman–Crippen LogP) is 2.40. The van der Waals surface area contributed by atoms with Gasteiger partial charge in [0, 0.05) is 18.8 Å². The van der Waals surface area contributed by atoms with E-state index in [9.17, 15) is 14.7 Å². The Labute approximate surface area is 142 Å². The first-order valence-electron chi connectivity index (χ1n) is 6.55. The van der Waals surface area contributed by atoms with Crippen LogP contribution in [-0.4, -0.2) is 33.0 Å². The smallest absolute Gasteiger partial charge is 0.328 e. The molecule has 1 aromatic heterocycles. The van der Waals surface area contributed by atoms with Crippen molar-refractivity contribution in [2.45, 2.75) is 12.5 Å². The number of pyridine rings is 1. The molecule has 3 N–H and O–H groups in total. The molecule has 8 heteroatoms. The minimum Gasteiger partial charge on any atom is -0.480 e. The van der Waals surface area contributed by atoms with Crippen molar-refractivity contribution in [2.75, 3.05) is 0 Å². The molecule has 0 radical (unpaired) electrons. The van der Waals surface area contributed by atoms with Gasteiger partial charge in [-0.2, -0.15) is 0 Å². The van der Waals surface area contributed by atoms with Crippen molar-refractivity contribution in [1.29, 1.82) is 0 Å². The van der Waals surface area contributed by atoms with E-state index in [2.05, 4.69) is 4.98 Å². The van der Waals surface area contributed by atoms with Crippen molar-refractivity contribution in [3.8, 4) is 0 Å². The van der Waals surface area contributed by atoms with Gasteiger partial charge in [0.1, 0.15) is 6.04 Å². The quantitative estimate of drug-likeness (QED) is 0.488. The molecule has 0 unspecified atom stereocenters. The summed E-state index contributed by atoms with van der Waals surface area (Å²) in [5.74, 6) is 3.73. The average Bonchev–Trinajstić information content (AvgIpc) is 2.52. The monoisotopic (exact) mass is 353 g/mol. The second-order valence-corrected chi connectivity index (χ2v) is 5.55. The molecule has 0 fully saturated rings. The first kappa shape index (κ1) is 17.2. The van der Waals surface area contributed by atoms with Gasteiger partial charge in [0.2, 0.25) is 0 Å². The Hall–Kier alpha value is -2.15. The van der Waals surface area contributed by atoms with Crippen molar-refractivity contribution in [3.63, 3.8) is 0 Å². The lowest BCUT2D eigenvalue weighted by Gasteiger charge is -2.25. The Bertz CT molecular complexity index is 705. The van der Waals surface area contributed by atoms with Gasteiger partial charge < -0.3 is 5.11 Å². The molecule has 0 aliphatic heterocycles.